The summed E-state index contributed by atoms with van der Waals surface area (Å²) in [4.78, 5) is 26.0. The van der Waals surface area contributed by atoms with Crippen LogP contribution in [-0.2, 0) is 20.8 Å². The summed E-state index contributed by atoms with van der Waals surface area (Å²) in [5, 5.41) is 12.3. The Morgan fingerprint density at radius 1 is 1.09 bits per heavy atom. The lowest BCUT2D eigenvalue weighted by Crippen LogP contribution is -2.33. The van der Waals surface area contributed by atoms with Crippen LogP contribution in [0.4, 0.5) is 0 Å². The van der Waals surface area contributed by atoms with Gasteiger partial charge >= 0.3 is 0 Å². The van der Waals surface area contributed by atoms with E-state index in [1.807, 2.05) is 36.4 Å². The van der Waals surface area contributed by atoms with Crippen molar-refractivity contribution < 1.29 is 23.8 Å². The molecule has 33 heavy (non-hydrogen) atoms. The first kappa shape index (κ1) is 22.8. The highest BCUT2D eigenvalue weighted by atomic mass is 16.7. The Balaban J connectivity index is 1.56. The highest BCUT2D eigenvalue weighted by Gasteiger charge is 2.30. The standard InChI is InChI=1S/C26H27NO6/c28-12-6-7-13-31-24-15-19(21-17-32-22-11-5-4-10-20(22)25(21)29)14-23(33-24)26(30)27-16-18-8-2-1-3-9-18/h1-5,8-11,14,17,19,24,28H,6-7,12-13,15-16H2,(H,27,30)/t19-,24+/m0/s1. The minimum Gasteiger partial charge on any atom is -0.464 e. The lowest BCUT2D eigenvalue weighted by Gasteiger charge is -2.29. The molecule has 0 unspecified atom stereocenters. The van der Waals surface area contributed by atoms with Crippen molar-refractivity contribution >= 4 is 16.9 Å². The fourth-order valence-electron chi connectivity index (χ4n) is 3.78. The van der Waals surface area contributed by atoms with Gasteiger partial charge in [0.15, 0.2) is 11.2 Å². The third-order valence-electron chi connectivity index (χ3n) is 5.54. The van der Waals surface area contributed by atoms with E-state index in [2.05, 4.69) is 5.32 Å². The fourth-order valence-corrected chi connectivity index (χ4v) is 3.78. The van der Waals surface area contributed by atoms with E-state index in [9.17, 15) is 9.59 Å². The quantitative estimate of drug-likeness (QED) is 0.485. The van der Waals surface area contributed by atoms with Gasteiger partial charge in [0.25, 0.3) is 5.91 Å². The molecule has 0 spiro atoms. The Bertz CT molecular complexity index is 1170. The molecule has 4 rings (SSSR count). The van der Waals surface area contributed by atoms with Crippen molar-refractivity contribution in [1.82, 2.24) is 5.32 Å². The van der Waals surface area contributed by atoms with E-state index in [4.69, 9.17) is 19.0 Å². The average Bonchev–Trinajstić information content (AvgIpc) is 2.86. The van der Waals surface area contributed by atoms with Gasteiger partial charge in [-0.3, -0.25) is 9.59 Å². The van der Waals surface area contributed by atoms with Crippen LogP contribution in [0.1, 0.15) is 36.3 Å². The molecule has 0 bridgehead atoms. The first-order valence-corrected chi connectivity index (χ1v) is 11.1. The second-order valence-electron chi connectivity index (χ2n) is 7.91. The summed E-state index contributed by atoms with van der Waals surface area (Å²) < 4.78 is 17.3. The Hall–Kier alpha value is -3.42. The highest BCUT2D eigenvalue weighted by Crippen LogP contribution is 2.31. The number of carbonyl (C=O) groups excluding carboxylic acids is 1. The smallest absolute Gasteiger partial charge is 0.286 e. The number of fused-ring (bicyclic) bond motifs is 1. The van der Waals surface area contributed by atoms with E-state index in [1.165, 1.54) is 6.26 Å². The van der Waals surface area contributed by atoms with Gasteiger partial charge in [-0.15, -0.1) is 0 Å². The van der Waals surface area contributed by atoms with Gasteiger partial charge in [-0.25, -0.2) is 0 Å². The largest absolute Gasteiger partial charge is 0.464 e. The highest BCUT2D eigenvalue weighted by molar-refractivity contribution is 5.91. The van der Waals surface area contributed by atoms with Crippen LogP contribution in [0.5, 0.6) is 0 Å². The molecule has 2 N–H and O–H groups in total. The van der Waals surface area contributed by atoms with E-state index in [-0.39, 0.29) is 23.7 Å². The molecular weight excluding hydrogens is 422 g/mol. The van der Waals surface area contributed by atoms with Gasteiger partial charge in [-0.2, -0.15) is 0 Å². The lowest BCUT2D eigenvalue weighted by atomic mass is 9.93. The molecule has 0 saturated carbocycles. The lowest BCUT2D eigenvalue weighted by molar-refractivity contribution is -0.146. The second kappa shape index (κ2) is 10.9. The van der Waals surface area contributed by atoms with Gasteiger partial charge in [0.2, 0.25) is 6.29 Å². The molecule has 0 radical (unpaired) electrons. The minimum atomic E-state index is -0.693. The molecule has 0 saturated heterocycles. The van der Waals surface area contributed by atoms with Crippen molar-refractivity contribution in [2.45, 2.75) is 38.0 Å². The maximum atomic E-state index is 13.1. The number of amides is 1. The SMILES string of the molecule is O=C(NCc1ccccc1)C1=C[C@H](c2coc3ccccc3c2=O)C[C@H](OCCCCO)O1. The molecule has 2 atom stereocenters. The number of para-hydroxylation sites is 1. The summed E-state index contributed by atoms with van der Waals surface area (Å²) in [5.74, 6) is -0.667. The van der Waals surface area contributed by atoms with E-state index >= 15 is 0 Å². The number of unbranched alkanes of at least 4 members (excludes halogenated alkanes) is 1. The number of allylic oxidation sites excluding steroid dienone is 1. The summed E-state index contributed by atoms with van der Waals surface area (Å²) in [6, 6.07) is 16.6. The predicted octanol–water partition coefficient (Wildman–Crippen LogP) is 3.61. The summed E-state index contributed by atoms with van der Waals surface area (Å²) in [5.41, 5.74) is 1.79. The van der Waals surface area contributed by atoms with Crippen LogP contribution in [-0.4, -0.2) is 30.5 Å². The Morgan fingerprint density at radius 2 is 1.88 bits per heavy atom. The molecule has 0 aliphatic carbocycles. The Kier molecular flexibility index (Phi) is 7.55. The number of carbonyl (C=O) groups is 1. The molecular formula is C26H27NO6. The van der Waals surface area contributed by atoms with Gasteiger partial charge in [-0.1, -0.05) is 42.5 Å². The molecule has 7 heteroatoms. The van der Waals surface area contributed by atoms with Crippen LogP contribution in [0.25, 0.3) is 11.0 Å². The van der Waals surface area contributed by atoms with Gasteiger partial charge in [0, 0.05) is 31.1 Å². The summed E-state index contributed by atoms with van der Waals surface area (Å²) in [6.07, 6.45) is 4.08. The number of nitrogens with one attached hydrogen (secondary N) is 1. The topological polar surface area (TPSA) is 98.0 Å². The minimum absolute atomic E-state index is 0.0860. The Morgan fingerprint density at radius 3 is 2.70 bits per heavy atom. The molecule has 0 fully saturated rings. The maximum absolute atomic E-state index is 13.1. The van der Waals surface area contributed by atoms with Crippen LogP contribution in [0.3, 0.4) is 0 Å². The van der Waals surface area contributed by atoms with Crippen molar-refractivity contribution in [2.24, 2.45) is 0 Å². The predicted molar refractivity (Wildman–Crippen MR) is 123 cm³/mol. The monoisotopic (exact) mass is 449 g/mol. The number of benzene rings is 2. The van der Waals surface area contributed by atoms with E-state index < -0.39 is 12.2 Å². The van der Waals surface area contributed by atoms with Crippen molar-refractivity contribution in [2.75, 3.05) is 13.2 Å². The first-order valence-electron chi connectivity index (χ1n) is 11.1. The molecule has 3 aromatic rings. The molecule has 1 aliphatic rings. The second-order valence-corrected chi connectivity index (χ2v) is 7.91. The van der Waals surface area contributed by atoms with E-state index in [1.54, 1.807) is 24.3 Å². The van der Waals surface area contributed by atoms with Crippen molar-refractivity contribution in [3.8, 4) is 0 Å². The zero-order chi connectivity index (χ0) is 23.0. The van der Waals surface area contributed by atoms with Crippen LogP contribution >= 0.6 is 0 Å². The molecule has 172 valence electrons. The van der Waals surface area contributed by atoms with Crippen molar-refractivity contribution in [3.63, 3.8) is 0 Å². The van der Waals surface area contributed by atoms with Crippen LogP contribution in [0.2, 0.25) is 0 Å². The van der Waals surface area contributed by atoms with Crippen LogP contribution in [0, 0.1) is 0 Å². The summed E-state index contributed by atoms with van der Waals surface area (Å²) >= 11 is 0. The van der Waals surface area contributed by atoms with E-state index in [0.29, 0.717) is 48.9 Å². The number of aliphatic hydroxyl groups is 1. The van der Waals surface area contributed by atoms with Gasteiger partial charge < -0.3 is 24.3 Å². The first-order chi connectivity index (χ1) is 16.2. The molecule has 7 nitrogen and oxygen atoms in total. The number of hydrogen-bond donors (Lipinski definition) is 2. The molecule has 1 amide bonds. The van der Waals surface area contributed by atoms with Crippen molar-refractivity contribution in [1.29, 1.82) is 0 Å². The molecule has 2 aromatic carbocycles. The van der Waals surface area contributed by atoms with Gasteiger partial charge in [0.1, 0.15) is 5.58 Å². The zero-order valence-electron chi connectivity index (χ0n) is 18.2. The summed E-state index contributed by atoms with van der Waals surface area (Å²) in [6.45, 7) is 0.817. The van der Waals surface area contributed by atoms with Crippen LogP contribution in [0.15, 0.2) is 81.9 Å². The maximum Gasteiger partial charge on any atom is 0.286 e. The summed E-state index contributed by atoms with van der Waals surface area (Å²) in [7, 11) is 0. The fraction of sp³-hybridized carbons (Fsp3) is 0.308. The number of hydrogen-bond acceptors (Lipinski definition) is 6. The third kappa shape index (κ3) is 5.69. The Labute approximate surface area is 191 Å². The van der Waals surface area contributed by atoms with Gasteiger partial charge in [0.05, 0.1) is 18.3 Å². The normalized spacial score (nSPS) is 17.9. The zero-order valence-corrected chi connectivity index (χ0v) is 18.2. The third-order valence-corrected chi connectivity index (χ3v) is 5.54. The molecule has 2 heterocycles. The number of ether oxygens (including phenoxy) is 2. The van der Waals surface area contributed by atoms with Gasteiger partial charge in [-0.05, 0) is 36.6 Å². The van der Waals surface area contributed by atoms with Crippen molar-refractivity contribution in [3.05, 3.63) is 94.0 Å². The van der Waals surface area contributed by atoms with Crippen LogP contribution < -0.4 is 10.7 Å². The number of rotatable bonds is 9. The molecule has 1 aromatic heterocycles. The van der Waals surface area contributed by atoms with E-state index in [0.717, 1.165) is 5.56 Å². The molecule has 1 aliphatic heterocycles. The number of aliphatic hydroxyl groups excluding tert-OH is 1. The average molecular weight is 450 g/mol.